The molecule has 24 heavy (non-hydrogen) atoms. The average Bonchev–Trinajstić information content (AvgIpc) is 2.58. The van der Waals surface area contributed by atoms with Gasteiger partial charge in [0.05, 0.1) is 18.8 Å². The Kier molecular flexibility index (Phi) is 9.06. The lowest BCUT2D eigenvalue weighted by molar-refractivity contribution is 0.798. The Bertz CT molecular complexity index is 630. The van der Waals surface area contributed by atoms with E-state index in [1.54, 1.807) is 12.4 Å². The van der Waals surface area contributed by atoms with Crippen LogP contribution in [0.1, 0.15) is 18.2 Å². The standard InChI is InChI=1S/C17H24N6.HI/c1-4-18-17(22-13-15-9-5-6-10-19-15)21-12-14-8-7-11-20-16(14)23(2)3;/h5-11H,4,12-13H2,1-3H3,(H2,18,21,22);1H. The van der Waals surface area contributed by atoms with Gasteiger partial charge < -0.3 is 15.5 Å². The van der Waals surface area contributed by atoms with Gasteiger partial charge >= 0.3 is 0 Å². The van der Waals surface area contributed by atoms with Crippen molar-refractivity contribution in [3.05, 3.63) is 54.0 Å². The number of aromatic nitrogens is 2. The van der Waals surface area contributed by atoms with Crippen LogP contribution in [0, 0.1) is 0 Å². The van der Waals surface area contributed by atoms with Gasteiger partial charge in [0.25, 0.3) is 0 Å². The highest BCUT2D eigenvalue weighted by Gasteiger charge is 2.05. The topological polar surface area (TPSA) is 65.4 Å². The van der Waals surface area contributed by atoms with Crippen LogP contribution >= 0.6 is 24.0 Å². The molecule has 0 saturated heterocycles. The van der Waals surface area contributed by atoms with Gasteiger partial charge in [-0.2, -0.15) is 0 Å². The normalized spacial score (nSPS) is 10.7. The number of hydrogen-bond acceptors (Lipinski definition) is 4. The fourth-order valence-corrected chi connectivity index (χ4v) is 2.14. The van der Waals surface area contributed by atoms with Crippen molar-refractivity contribution in [2.75, 3.05) is 25.5 Å². The Morgan fingerprint density at radius 2 is 1.88 bits per heavy atom. The van der Waals surface area contributed by atoms with E-state index in [1.165, 1.54) is 0 Å². The Morgan fingerprint density at radius 3 is 2.54 bits per heavy atom. The summed E-state index contributed by atoms with van der Waals surface area (Å²) in [5.74, 6) is 1.71. The molecule has 0 atom stereocenters. The first kappa shape index (κ1) is 20.1. The van der Waals surface area contributed by atoms with Gasteiger partial charge in [0.2, 0.25) is 0 Å². The molecule has 0 saturated carbocycles. The SMILES string of the molecule is CCNC(=NCc1cccnc1N(C)C)NCc1ccccn1.I. The summed E-state index contributed by atoms with van der Waals surface area (Å²) in [6.07, 6.45) is 3.59. The lowest BCUT2D eigenvalue weighted by atomic mass is 10.2. The number of halogens is 1. The minimum absolute atomic E-state index is 0. The van der Waals surface area contributed by atoms with Gasteiger partial charge in [-0.15, -0.1) is 24.0 Å². The summed E-state index contributed by atoms with van der Waals surface area (Å²) in [5, 5.41) is 6.55. The highest BCUT2D eigenvalue weighted by atomic mass is 127. The van der Waals surface area contributed by atoms with E-state index in [1.807, 2.05) is 56.3 Å². The largest absolute Gasteiger partial charge is 0.362 e. The van der Waals surface area contributed by atoms with Crippen molar-refractivity contribution in [1.29, 1.82) is 0 Å². The molecule has 2 rings (SSSR count). The van der Waals surface area contributed by atoms with Crippen molar-refractivity contribution in [3.8, 4) is 0 Å². The van der Waals surface area contributed by atoms with Crippen molar-refractivity contribution in [2.24, 2.45) is 4.99 Å². The highest BCUT2D eigenvalue weighted by molar-refractivity contribution is 14.0. The maximum atomic E-state index is 4.64. The molecule has 2 N–H and O–H groups in total. The molecule has 2 heterocycles. The summed E-state index contributed by atoms with van der Waals surface area (Å²) >= 11 is 0. The summed E-state index contributed by atoms with van der Waals surface area (Å²) in [6.45, 7) is 4.06. The molecule has 0 bridgehead atoms. The van der Waals surface area contributed by atoms with E-state index >= 15 is 0 Å². The molecule has 6 nitrogen and oxygen atoms in total. The molecule has 2 aromatic rings. The third-order valence-electron chi connectivity index (χ3n) is 3.21. The van der Waals surface area contributed by atoms with E-state index in [4.69, 9.17) is 0 Å². The van der Waals surface area contributed by atoms with Crippen LogP contribution in [0.3, 0.4) is 0 Å². The summed E-state index contributed by atoms with van der Waals surface area (Å²) in [7, 11) is 3.97. The van der Waals surface area contributed by atoms with Crippen molar-refractivity contribution < 1.29 is 0 Å². The molecule has 130 valence electrons. The molecule has 0 spiro atoms. The molecular formula is C17H25IN6. The quantitative estimate of drug-likeness (QED) is 0.411. The first-order valence-electron chi connectivity index (χ1n) is 7.74. The van der Waals surface area contributed by atoms with Crippen LogP contribution in [0.4, 0.5) is 5.82 Å². The maximum Gasteiger partial charge on any atom is 0.191 e. The Hall–Kier alpha value is -1.90. The van der Waals surface area contributed by atoms with Gasteiger partial charge in [-0.25, -0.2) is 9.98 Å². The first-order chi connectivity index (χ1) is 11.2. The summed E-state index contributed by atoms with van der Waals surface area (Å²) < 4.78 is 0. The number of nitrogens with one attached hydrogen (secondary N) is 2. The number of guanidine groups is 1. The third-order valence-corrected chi connectivity index (χ3v) is 3.21. The second-order valence-electron chi connectivity index (χ2n) is 5.25. The average molecular weight is 440 g/mol. The molecule has 0 aliphatic heterocycles. The predicted molar refractivity (Wildman–Crippen MR) is 110 cm³/mol. The van der Waals surface area contributed by atoms with E-state index in [-0.39, 0.29) is 24.0 Å². The molecular weight excluding hydrogens is 415 g/mol. The maximum absolute atomic E-state index is 4.64. The predicted octanol–water partition coefficient (Wildman–Crippen LogP) is 2.42. The van der Waals surface area contributed by atoms with Crippen molar-refractivity contribution in [3.63, 3.8) is 0 Å². The van der Waals surface area contributed by atoms with Crippen molar-refractivity contribution in [2.45, 2.75) is 20.0 Å². The van der Waals surface area contributed by atoms with Gasteiger partial charge in [-0.1, -0.05) is 12.1 Å². The molecule has 2 aromatic heterocycles. The second kappa shape index (κ2) is 10.8. The molecule has 0 unspecified atom stereocenters. The molecule has 0 radical (unpaired) electrons. The fourth-order valence-electron chi connectivity index (χ4n) is 2.14. The fraction of sp³-hybridized carbons (Fsp3) is 0.353. The highest BCUT2D eigenvalue weighted by Crippen LogP contribution is 2.15. The molecule has 0 fully saturated rings. The molecule has 0 aliphatic carbocycles. The van der Waals surface area contributed by atoms with Gasteiger partial charge in [0, 0.05) is 38.6 Å². The minimum atomic E-state index is 0. The molecule has 0 aliphatic rings. The zero-order valence-electron chi connectivity index (χ0n) is 14.4. The summed E-state index contributed by atoms with van der Waals surface area (Å²) in [6, 6.07) is 9.86. The van der Waals surface area contributed by atoms with Crippen LogP contribution in [-0.2, 0) is 13.1 Å². The van der Waals surface area contributed by atoms with Gasteiger partial charge in [-0.3, -0.25) is 4.98 Å². The Labute approximate surface area is 160 Å². The summed E-state index contributed by atoms with van der Waals surface area (Å²) in [5.41, 5.74) is 2.07. The van der Waals surface area contributed by atoms with Crippen molar-refractivity contribution >= 4 is 35.8 Å². The molecule has 0 amide bonds. The van der Waals surface area contributed by atoms with Gasteiger partial charge in [0.1, 0.15) is 5.82 Å². The zero-order chi connectivity index (χ0) is 16.5. The number of rotatable bonds is 6. The summed E-state index contributed by atoms with van der Waals surface area (Å²) in [4.78, 5) is 15.3. The number of pyridine rings is 2. The van der Waals surface area contributed by atoms with Gasteiger partial charge in [-0.05, 0) is 25.1 Å². The van der Waals surface area contributed by atoms with Crippen LogP contribution in [0.15, 0.2) is 47.7 Å². The van der Waals surface area contributed by atoms with Crippen LogP contribution < -0.4 is 15.5 Å². The zero-order valence-corrected chi connectivity index (χ0v) is 16.7. The number of aliphatic imine (C=N–C) groups is 1. The van der Waals surface area contributed by atoms with Gasteiger partial charge in [0.15, 0.2) is 5.96 Å². The first-order valence-corrected chi connectivity index (χ1v) is 7.74. The Balaban J connectivity index is 0.00000288. The Morgan fingerprint density at radius 1 is 1.08 bits per heavy atom. The van der Waals surface area contributed by atoms with E-state index in [0.29, 0.717) is 13.1 Å². The second-order valence-corrected chi connectivity index (χ2v) is 5.25. The van der Waals surface area contributed by atoms with E-state index < -0.39 is 0 Å². The lowest BCUT2D eigenvalue weighted by Gasteiger charge is -2.15. The number of nitrogens with zero attached hydrogens (tertiary/aromatic N) is 4. The number of hydrogen-bond donors (Lipinski definition) is 2. The smallest absolute Gasteiger partial charge is 0.191 e. The lowest BCUT2D eigenvalue weighted by Crippen LogP contribution is -2.37. The third kappa shape index (κ3) is 6.31. The van der Waals surface area contributed by atoms with Crippen LogP contribution in [0.5, 0.6) is 0 Å². The van der Waals surface area contributed by atoms with Crippen LogP contribution in [-0.4, -0.2) is 36.6 Å². The number of anilines is 1. The van der Waals surface area contributed by atoms with Crippen molar-refractivity contribution in [1.82, 2.24) is 20.6 Å². The van der Waals surface area contributed by atoms with Crippen LogP contribution in [0.25, 0.3) is 0 Å². The minimum Gasteiger partial charge on any atom is -0.362 e. The van der Waals surface area contributed by atoms with Crippen LogP contribution in [0.2, 0.25) is 0 Å². The van der Waals surface area contributed by atoms with E-state index in [9.17, 15) is 0 Å². The molecule has 0 aromatic carbocycles. The monoisotopic (exact) mass is 440 g/mol. The molecule has 7 heteroatoms. The van der Waals surface area contributed by atoms with E-state index in [0.717, 1.165) is 29.6 Å². The van der Waals surface area contributed by atoms with E-state index in [2.05, 4.69) is 25.6 Å².